The lowest BCUT2D eigenvalue weighted by Crippen LogP contribution is -2.48. The van der Waals surface area contributed by atoms with E-state index in [-0.39, 0.29) is 5.91 Å². The van der Waals surface area contributed by atoms with Crippen molar-refractivity contribution in [3.63, 3.8) is 0 Å². The summed E-state index contributed by atoms with van der Waals surface area (Å²) in [5.74, 6) is 0.0541. The standard InChI is InChI=1S/C22H33N5O3/c1-17-4-3-10-27(17)21-9-11-25(16-21)20-7-5-19(6-8-20)23-22(29)30-26-14-12-24(13-15-26)18(2)28/h5-8,17,21H,3-4,9-16H2,1-2H3,(H,23,29). The minimum Gasteiger partial charge on any atom is -0.370 e. The van der Waals surface area contributed by atoms with Gasteiger partial charge in [0.25, 0.3) is 0 Å². The summed E-state index contributed by atoms with van der Waals surface area (Å²) in [7, 11) is 0. The van der Waals surface area contributed by atoms with Gasteiger partial charge in [-0.2, -0.15) is 0 Å². The minimum absolute atomic E-state index is 0.0541. The maximum Gasteiger partial charge on any atom is 0.430 e. The largest absolute Gasteiger partial charge is 0.430 e. The van der Waals surface area contributed by atoms with E-state index in [0.29, 0.717) is 38.3 Å². The van der Waals surface area contributed by atoms with Crippen molar-refractivity contribution in [2.24, 2.45) is 0 Å². The Balaban J connectivity index is 1.24. The number of nitrogens with one attached hydrogen (secondary N) is 1. The average Bonchev–Trinajstić information content (AvgIpc) is 3.38. The highest BCUT2D eigenvalue weighted by Crippen LogP contribution is 2.28. The number of amides is 2. The fourth-order valence-electron chi connectivity index (χ4n) is 4.85. The molecule has 1 N–H and O–H groups in total. The third-order valence-electron chi connectivity index (χ3n) is 6.61. The van der Waals surface area contributed by atoms with E-state index in [0.717, 1.165) is 18.8 Å². The first-order valence-corrected chi connectivity index (χ1v) is 11.1. The zero-order valence-electron chi connectivity index (χ0n) is 18.0. The molecule has 3 aliphatic rings. The number of hydrogen-bond donors (Lipinski definition) is 1. The number of rotatable bonds is 4. The van der Waals surface area contributed by atoms with Gasteiger partial charge in [0, 0.05) is 56.6 Å². The zero-order chi connectivity index (χ0) is 21.1. The summed E-state index contributed by atoms with van der Waals surface area (Å²) < 4.78 is 0. The quantitative estimate of drug-likeness (QED) is 0.814. The molecule has 3 heterocycles. The van der Waals surface area contributed by atoms with Crippen molar-refractivity contribution in [1.29, 1.82) is 0 Å². The van der Waals surface area contributed by atoms with Gasteiger partial charge >= 0.3 is 6.09 Å². The summed E-state index contributed by atoms with van der Waals surface area (Å²) in [6, 6.07) is 9.34. The Morgan fingerprint density at radius 2 is 1.73 bits per heavy atom. The molecular weight excluding hydrogens is 382 g/mol. The Bertz CT molecular complexity index is 748. The number of carbonyl (C=O) groups excluding carboxylic acids is 2. The van der Waals surface area contributed by atoms with Crippen LogP contribution < -0.4 is 10.2 Å². The highest BCUT2D eigenvalue weighted by Gasteiger charge is 2.32. The van der Waals surface area contributed by atoms with Crippen molar-refractivity contribution in [2.45, 2.75) is 45.2 Å². The van der Waals surface area contributed by atoms with Gasteiger partial charge in [-0.1, -0.05) is 0 Å². The molecule has 30 heavy (non-hydrogen) atoms. The molecule has 3 saturated heterocycles. The van der Waals surface area contributed by atoms with Gasteiger partial charge < -0.3 is 14.6 Å². The lowest BCUT2D eigenvalue weighted by Gasteiger charge is -2.32. The molecule has 0 aromatic heterocycles. The molecule has 0 bridgehead atoms. The van der Waals surface area contributed by atoms with Gasteiger partial charge in [-0.3, -0.25) is 15.0 Å². The van der Waals surface area contributed by atoms with Crippen LogP contribution in [0.4, 0.5) is 16.2 Å². The molecule has 2 unspecified atom stereocenters. The molecule has 0 spiro atoms. The predicted octanol–water partition coefficient (Wildman–Crippen LogP) is 2.38. The third kappa shape index (κ3) is 4.87. The summed E-state index contributed by atoms with van der Waals surface area (Å²) in [4.78, 5) is 35.8. The number of hydroxylamine groups is 2. The van der Waals surface area contributed by atoms with Gasteiger partial charge in [0.1, 0.15) is 0 Å². The number of piperazine rings is 1. The van der Waals surface area contributed by atoms with Gasteiger partial charge in [0.2, 0.25) is 5.91 Å². The molecule has 3 aliphatic heterocycles. The molecule has 8 heteroatoms. The second-order valence-corrected chi connectivity index (χ2v) is 8.60. The molecule has 2 amide bonds. The van der Waals surface area contributed by atoms with Crippen LogP contribution in [0.15, 0.2) is 24.3 Å². The SMILES string of the molecule is CC(=O)N1CCN(OC(=O)Nc2ccc(N3CCC(N4CCCC4C)C3)cc2)CC1. The maximum absolute atomic E-state index is 12.2. The highest BCUT2D eigenvalue weighted by atomic mass is 16.7. The van der Waals surface area contributed by atoms with Crippen LogP contribution in [-0.4, -0.2) is 84.8 Å². The summed E-state index contributed by atoms with van der Waals surface area (Å²) in [5, 5.41) is 4.39. The molecule has 2 atom stereocenters. The van der Waals surface area contributed by atoms with E-state index in [2.05, 4.69) is 34.2 Å². The van der Waals surface area contributed by atoms with E-state index < -0.39 is 6.09 Å². The molecule has 164 valence electrons. The molecular formula is C22H33N5O3. The molecule has 3 fully saturated rings. The Labute approximate surface area is 178 Å². The van der Waals surface area contributed by atoms with Crippen molar-refractivity contribution in [3.05, 3.63) is 24.3 Å². The number of anilines is 2. The van der Waals surface area contributed by atoms with E-state index in [9.17, 15) is 9.59 Å². The van der Waals surface area contributed by atoms with E-state index >= 15 is 0 Å². The second-order valence-electron chi connectivity index (χ2n) is 8.60. The summed E-state index contributed by atoms with van der Waals surface area (Å²) in [6.07, 6.45) is 3.36. The third-order valence-corrected chi connectivity index (χ3v) is 6.61. The average molecular weight is 416 g/mol. The summed E-state index contributed by atoms with van der Waals surface area (Å²) in [6.45, 7) is 9.49. The normalized spacial score (nSPS) is 25.5. The predicted molar refractivity (Wildman–Crippen MR) is 116 cm³/mol. The fraction of sp³-hybridized carbons (Fsp3) is 0.636. The van der Waals surface area contributed by atoms with Crippen molar-refractivity contribution >= 4 is 23.4 Å². The second kappa shape index (κ2) is 9.22. The molecule has 0 radical (unpaired) electrons. The van der Waals surface area contributed by atoms with Crippen LogP contribution in [0.2, 0.25) is 0 Å². The van der Waals surface area contributed by atoms with E-state index in [1.54, 1.807) is 16.9 Å². The first kappa shape index (κ1) is 20.9. The van der Waals surface area contributed by atoms with Crippen LogP contribution in [0, 0.1) is 0 Å². The maximum atomic E-state index is 12.2. The highest BCUT2D eigenvalue weighted by molar-refractivity contribution is 5.84. The van der Waals surface area contributed by atoms with Gasteiger partial charge in [-0.25, -0.2) is 4.79 Å². The van der Waals surface area contributed by atoms with E-state index in [1.165, 1.54) is 31.5 Å². The molecule has 0 saturated carbocycles. The topological polar surface area (TPSA) is 68.4 Å². The molecule has 1 aromatic carbocycles. The van der Waals surface area contributed by atoms with Crippen LogP contribution in [0.1, 0.15) is 33.1 Å². The first-order chi connectivity index (χ1) is 14.5. The van der Waals surface area contributed by atoms with Crippen LogP contribution in [0.3, 0.4) is 0 Å². The van der Waals surface area contributed by atoms with E-state index in [1.807, 2.05) is 12.1 Å². The van der Waals surface area contributed by atoms with Gasteiger partial charge in [0.05, 0.1) is 13.1 Å². The minimum atomic E-state index is -0.497. The van der Waals surface area contributed by atoms with E-state index in [4.69, 9.17) is 4.84 Å². The van der Waals surface area contributed by atoms with Gasteiger partial charge in [-0.05, 0) is 57.0 Å². The van der Waals surface area contributed by atoms with Crippen LogP contribution in [-0.2, 0) is 9.63 Å². The number of likely N-dealkylation sites (tertiary alicyclic amines) is 1. The summed E-state index contributed by atoms with van der Waals surface area (Å²) in [5.41, 5.74) is 1.92. The van der Waals surface area contributed by atoms with Crippen molar-refractivity contribution in [2.75, 3.05) is 56.0 Å². The van der Waals surface area contributed by atoms with Crippen LogP contribution in [0.5, 0.6) is 0 Å². The van der Waals surface area contributed by atoms with Crippen LogP contribution >= 0.6 is 0 Å². The Morgan fingerprint density at radius 3 is 2.37 bits per heavy atom. The van der Waals surface area contributed by atoms with Crippen molar-refractivity contribution < 1.29 is 14.4 Å². The Morgan fingerprint density at radius 1 is 1.00 bits per heavy atom. The van der Waals surface area contributed by atoms with Crippen molar-refractivity contribution in [1.82, 2.24) is 14.9 Å². The van der Waals surface area contributed by atoms with Crippen molar-refractivity contribution in [3.8, 4) is 0 Å². The molecule has 4 rings (SSSR count). The molecule has 0 aliphatic carbocycles. The fourth-order valence-corrected chi connectivity index (χ4v) is 4.85. The number of nitrogens with zero attached hydrogens (tertiary/aromatic N) is 4. The van der Waals surface area contributed by atoms with Gasteiger partial charge in [-0.15, -0.1) is 5.06 Å². The Kier molecular flexibility index (Phi) is 6.43. The number of hydrogen-bond acceptors (Lipinski definition) is 6. The summed E-state index contributed by atoms with van der Waals surface area (Å²) >= 11 is 0. The van der Waals surface area contributed by atoms with Crippen LogP contribution in [0.25, 0.3) is 0 Å². The lowest BCUT2D eigenvalue weighted by molar-refractivity contribution is -0.143. The molecule has 8 nitrogen and oxygen atoms in total. The number of carbonyl (C=O) groups is 2. The first-order valence-electron chi connectivity index (χ1n) is 11.1. The smallest absolute Gasteiger partial charge is 0.370 e. The molecule has 1 aromatic rings. The lowest BCUT2D eigenvalue weighted by atomic mass is 10.2. The number of benzene rings is 1. The Hall–Kier alpha value is -2.32. The monoisotopic (exact) mass is 415 g/mol. The zero-order valence-corrected chi connectivity index (χ0v) is 18.0. The van der Waals surface area contributed by atoms with Gasteiger partial charge in [0.15, 0.2) is 0 Å².